The summed E-state index contributed by atoms with van der Waals surface area (Å²) < 4.78 is 0.991. The van der Waals surface area contributed by atoms with Crippen LogP contribution in [-0.4, -0.2) is 27.2 Å². The Hall–Kier alpha value is -3.97. The van der Waals surface area contributed by atoms with Gasteiger partial charge in [0.2, 0.25) is 0 Å². The van der Waals surface area contributed by atoms with E-state index in [0.29, 0.717) is 12.2 Å². The number of hydrogen-bond acceptors (Lipinski definition) is 4. The van der Waals surface area contributed by atoms with E-state index >= 15 is 0 Å². The van der Waals surface area contributed by atoms with Gasteiger partial charge in [-0.05, 0) is 29.3 Å². The molecule has 0 radical (unpaired) electrons. The maximum Gasteiger partial charge on any atom is 0.349 e. The number of H-pyrrole nitrogens is 1. The second kappa shape index (κ2) is 9.45. The Morgan fingerprint density at radius 1 is 0.969 bits per heavy atom. The normalized spacial score (nSPS) is 10.8. The van der Waals surface area contributed by atoms with E-state index in [1.54, 1.807) is 6.07 Å². The lowest BCUT2D eigenvalue weighted by atomic mass is 9.91. The third kappa shape index (κ3) is 4.68. The quantitative estimate of drug-likeness (QED) is 0.475. The van der Waals surface area contributed by atoms with Gasteiger partial charge in [0.15, 0.2) is 0 Å². The summed E-state index contributed by atoms with van der Waals surface area (Å²) in [6.07, 6.45) is 0.986. The zero-order valence-corrected chi connectivity index (χ0v) is 17.6. The smallest absolute Gasteiger partial charge is 0.349 e. The molecule has 7 nitrogen and oxygen atoms in total. The monoisotopic (exact) mass is 446 g/mol. The highest BCUT2D eigenvalue weighted by atomic mass is 35.5. The summed E-state index contributed by atoms with van der Waals surface area (Å²) in [6, 6.07) is 24.3. The van der Waals surface area contributed by atoms with Crippen molar-refractivity contribution in [2.45, 2.75) is 5.92 Å². The first kappa shape index (κ1) is 21.3. The fourth-order valence-electron chi connectivity index (χ4n) is 3.44. The van der Waals surface area contributed by atoms with Crippen molar-refractivity contribution in [1.82, 2.24) is 20.1 Å². The van der Waals surface area contributed by atoms with Gasteiger partial charge in [0.25, 0.3) is 11.5 Å². The fourth-order valence-corrected chi connectivity index (χ4v) is 3.65. The van der Waals surface area contributed by atoms with Gasteiger partial charge in [-0.3, -0.25) is 14.6 Å². The minimum absolute atomic E-state index is 0.0493. The summed E-state index contributed by atoms with van der Waals surface area (Å²) >= 11 is 6.27. The number of benzene rings is 3. The molecule has 0 spiro atoms. The number of aromatic nitrogens is 3. The molecule has 8 heteroatoms. The van der Waals surface area contributed by atoms with Gasteiger partial charge in [0.1, 0.15) is 6.20 Å². The van der Waals surface area contributed by atoms with Crippen molar-refractivity contribution >= 4 is 17.5 Å². The Morgan fingerprint density at radius 3 is 2.19 bits per heavy atom. The third-order valence-corrected chi connectivity index (χ3v) is 5.35. The molecule has 1 amide bonds. The van der Waals surface area contributed by atoms with Gasteiger partial charge in [0.05, 0.1) is 16.3 Å². The second-order valence-electron chi connectivity index (χ2n) is 7.10. The highest BCUT2D eigenvalue weighted by Gasteiger charge is 2.18. The first-order chi connectivity index (χ1) is 15.5. The Labute approximate surface area is 188 Å². The SMILES string of the molecule is O=C(NCC(c1ccccc1)c1ccccc1)c1cc(-n2ncc(=O)[nH]c2=O)ccc1Cl. The van der Waals surface area contributed by atoms with Crippen LogP contribution in [0.1, 0.15) is 27.4 Å². The summed E-state index contributed by atoms with van der Waals surface area (Å²) in [7, 11) is 0. The van der Waals surface area contributed by atoms with Crippen LogP contribution in [0.3, 0.4) is 0 Å². The zero-order valence-electron chi connectivity index (χ0n) is 16.9. The molecule has 4 aromatic rings. The lowest BCUT2D eigenvalue weighted by molar-refractivity contribution is 0.0952. The molecule has 160 valence electrons. The van der Waals surface area contributed by atoms with Gasteiger partial charge < -0.3 is 5.32 Å². The van der Waals surface area contributed by atoms with Crippen LogP contribution in [0.2, 0.25) is 5.02 Å². The minimum Gasteiger partial charge on any atom is -0.351 e. The van der Waals surface area contributed by atoms with E-state index in [4.69, 9.17) is 11.6 Å². The van der Waals surface area contributed by atoms with E-state index in [9.17, 15) is 14.4 Å². The van der Waals surface area contributed by atoms with Crippen molar-refractivity contribution in [3.05, 3.63) is 128 Å². The maximum atomic E-state index is 13.0. The van der Waals surface area contributed by atoms with E-state index in [1.807, 2.05) is 60.7 Å². The van der Waals surface area contributed by atoms with Gasteiger partial charge in [-0.15, -0.1) is 0 Å². The summed E-state index contributed by atoms with van der Waals surface area (Å²) in [5.41, 5.74) is 1.34. The highest BCUT2D eigenvalue weighted by Crippen LogP contribution is 2.24. The molecule has 0 atom stereocenters. The number of nitrogens with one attached hydrogen (secondary N) is 2. The average molecular weight is 447 g/mol. The number of carbonyl (C=O) groups is 1. The first-order valence-corrected chi connectivity index (χ1v) is 10.3. The Kier molecular flexibility index (Phi) is 6.28. The molecular weight excluding hydrogens is 428 g/mol. The first-order valence-electron chi connectivity index (χ1n) is 9.89. The fraction of sp³-hybridized carbons (Fsp3) is 0.0833. The van der Waals surface area contributed by atoms with Crippen LogP contribution in [0.4, 0.5) is 0 Å². The summed E-state index contributed by atoms with van der Waals surface area (Å²) in [6.45, 7) is 0.351. The highest BCUT2D eigenvalue weighted by molar-refractivity contribution is 6.33. The number of halogens is 1. The predicted octanol–water partition coefficient (Wildman–Crippen LogP) is 3.14. The molecule has 0 saturated heterocycles. The summed E-state index contributed by atoms with van der Waals surface area (Å²) in [4.78, 5) is 38.4. The van der Waals surface area contributed by atoms with Crippen molar-refractivity contribution < 1.29 is 4.79 Å². The van der Waals surface area contributed by atoms with E-state index < -0.39 is 11.2 Å². The lowest BCUT2D eigenvalue weighted by Gasteiger charge is -2.19. The number of rotatable bonds is 6. The molecule has 0 saturated carbocycles. The molecule has 0 unspecified atom stereocenters. The van der Waals surface area contributed by atoms with Crippen molar-refractivity contribution in [1.29, 1.82) is 0 Å². The van der Waals surface area contributed by atoms with Crippen LogP contribution < -0.4 is 16.6 Å². The molecule has 0 aliphatic carbocycles. The number of aromatic amines is 1. The van der Waals surface area contributed by atoms with E-state index in [-0.39, 0.29) is 22.4 Å². The molecule has 0 bridgehead atoms. The summed E-state index contributed by atoms with van der Waals surface area (Å²) in [5.74, 6) is -0.432. The van der Waals surface area contributed by atoms with Gasteiger partial charge in [-0.2, -0.15) is 9.78 Å². The van der Waals surface area contributed by atoms with Crippen LogP contribution in [-0.2, 0) is 0 Å². The molecule has 1 aromatic heterocycles. The van der Waals surface area contributed by atoms with Crippen LogP contribution in [0, 0.1) is 0 Å². The van der Waals surface area contributed by atoms with Crippen molar-refractivity contribution in [3.8, 4) is 5.69 Å². The molecule has 4 rings (SSSR count). The Balaban J connectivity index is 1.60. The van der Waals surface area contributed by atoms with Gasteiger partial charge in [-0.1, -0.05) is 72.3 Å². The maximum absolute atomic E-state index is 13.0. The average Bonchev–Trinajstić information content (AvgIpc) is 2.81. The van der Waals surface area contributed by atoms with Crippen LogP contribution in [0.15, 0.2) is 94.6 Å². The van der Waals surface area contributed by atoms with Crippen LogP contribution in [0.25, 0.3) is 5.69 Å². The number of hydrogen-bond donors (Lipinski definition) is 2. The molecule has 1 heterocycles. The number of nitrogens with zero attached hydrogens (tertiary/aromatic N) is 2. The predicted molar refractivity (Wildman–Crippen MR) is 123 cm³/mol. The van der Waals surface area contributed by atoms with Gasteiger partial charge in [0, 0.05) is 12.5 Å². The molecule has 32 heavy (non-hydrogen) atoms. The Bertz CT molecular complexity index is 1310. The lowest BCUT2D eigenvalue weighted by Crippen LogP contribution is -2.31. The topological polar surface area (TPSA) is 96.8 Å². The van der Waals surface area contributed by atoms with E-state index in [2.05, 4.69) is 15.4 Å². The third-order valence-electron chi connectivity index (χ3n) is 5.02. The van der Waals surface area contributed by atoms with Crippen molar-refractivity contribution in [2.24, 2.45) is 0 Å². The molecule has 2 N–H and O–H groups in total. The largest absolute Gasteiger partial charge is 0.351 e. The van der Waals surface area contributed by atoms with Crippen LogP contribution in [0.5, 0.6) is 0 Å². The van der Waals surface area contributed by atoms with E-state index in [0.717, 1.165) is 22.0 Å². The molecule has 0 aliphatic heterocycles. The zero-order chi connectivity index (χ0) is 22.5. The standard InChI is InChI=1S/C24H19ClN4O3/c25-21-12-11-18(29-24(32)28-22(30)15-27-29)13-19(21)23(31)26-14-20(16-7-3-1-4-8-16)17-9-5-2-6-10-17/h1-13,15,20H,14H2,(H,26,31)(H,28,30,32). The minimum atomic E-state index is -0.709. The van der Waals surface area contributed by atoms with Crippen molar-refractivity contribution in [3.63, 3.8) is 0 Å². The molecule has 0 aliphatic rings. The number of amides is 1. The molecule has 0 fully saturated rings. The van der Waals surface area contributed by atoms with Gasteiger partial charge in [-0.25, -0.2) is 4.79 Å². The van der Waals surface area contributed by atoms with E-state index in [1.165, 1.54) is 12.1 Å². The van der Waals surface area contributed by atoms with Gasteiger partial charge >= 0.3 is 5.69 Å². The van der Waals surface area contributed by atoms with Crippen molar-refractivity contribution in [2.75, 3.05) is 6.54 Å². The second-order valence-corrected chi connectivity index (χ2v) is 7.51. The molecular formula is C24H19ClN4O3. The Morgan fingerprint density at radius 2 is 1.59 bits per heavy atom. The molecule has 3 aromatic carbocycles. The summed E-state index contributed by atoms with van der Waals surface area (Å²) in [5, 5.41) is 7.00. The van der Waals surface area contributed by atoms with Crippen LogP contribution >= 0.6 is 11.6 Å². The number of carbonyl (C=O) groups excluding carboxylic acids is 1.